The number of nitrogens with zero attached hydrogens (tertiary/aromatic N) is 1. The van der Waals surface area contributed by atoms with Gasteiger partial charge in [-0.2, -0.15) is 0 Å². The molecule has 0 fully saturated rings. The lowest BCUT2D eigenvalue weighted by molar-refractivity contribution is -0.333. The summed E-state index contributed by atoms with van der Waals surface area (Å²) in [6.45, 7) is 1.83. The number of carbonyl (C=O) groups excluding carboxylic acids is 1. The predicted octanol–water partition coefficient (Wildman–Crippen LogP) is 0.0582. The Balaban J connectivity index is 1.58. The maximum atomic E-state index is 12.7. The highest BCUT2D eigenvalue weighted by molar-refractivity contribution is 7.13. The number of amides is 1. The fourth-order valence-electron chi connectivity index (χ4n) is 3.62. The average molecular weight is 449 g/mol. The Morgan fingerprint density at radius 2 is 2.13 bits per heavy atom. The number of carboxylic acids is 2. The molecule has 2 aromatic rings. The van der Waals surface area contributed by atoms with Gasteiger partial charge in [-0.25, -0.2) is 24.3 Å². The number of carbonyl (C=O) groups is 3. The van der Waals surface area contributed by atoms with Gasteiger partial charge in [0.05, 0.1) is 5.69 Å². The lowest BCUT2D eigenvalue weighted by Gasteiger charge is -2.25. The van der Waals surface area contributed by atoms with Gasteiger partial charge < -0.3 is 26.0 Å². The van der Waals surface area contributed by atoms with Crippen molar-refractivity contribution >= 4 is 29.2 Å². The van der Waals surface area contributed by atoms with Crippen molar-refractivity contribution in [1.82, 2.24) is 15.6 Å². The van der Waals surface area contributed by atoms with E-state index in [9.17, 15) is 24.6 Å². The van der Waals surface area contributed by atoms with Crippen molar-refractivity contribution in [1.29, 1.82) is 0 Å². The van der Waals surface area contributed by atoms with Crippen LogP contribution in [0.5, 0.6) is 0 Å². The summed E-state index contributed by atoms with van der Waals surface area (Å²) in [5, 5.41) is 35.3. The summed E-state index contributed by atoms with van der Waals surface area (Å²) in [6.07, 6.45) is 0.705. The predicted molar refractivity (Wildman–Crippen MR) is 104 cm³/mol. The van der Waals surface area contributed by atoms with Crippen molar-refractivity contribution in [3.8, 4) is 0 Å². The molecule has 164 valence electrons. The number of aromatic nitrogens is 1. The maximum Gasteiger partial charge on any atom is 0.348 e. The number of carboxylic acid groups (broad SMARTS) is 2. The molecule has 1 aliphatic heterocycles. The highest BCUT2D eigenvalue weighted by atomic mass is 32.1. The van der Waals surface area contributed by atoms with E-state index in [0.717, 1.165) is 17.1 Å². The van der Waals surface area contributed by atoms with E-state index in [0.29, 0.717) is 13.0 Å². The number of hydrogen-bond acceptors (Lipinski definition) is 9. The van der Waals surface area contributed by atoms with Gasteiger partial charge in [-0.15, -0.1) is 11.3 Å². The molecule has 1 aromatic heterocycles. The highest BCUT2D eigenvalue weighted by Gasteiger charge is 2.63. The first-order chi connectivity index (χ1) is 14.7. The van der Waals surface area contributed by atoms with Gasteiger partial charge in [0.25, 0.3) is 11.5 Å². The molecular formula is C19H19N3O8S. The molecule has 0 saturated heterocycles. The zero-order chi connectivity index (χ0) is 22.4. The Kier molecular flexibility index (Phi) is 5.27. The molecule has 1 aromatic carbocycles. The van der Waals surface area contributed by atoms with E-state index in [1.807, 2.05) is 0 Å². The van der Waals surface area contributed by atoms with Gasteiger partial charge in [0, 0.05) is 41.1 Å². The molecular weight excluding hydrogens is 430 g/mol. The van der Waals surface area contributed by atoms with Gasteiger partial charge in [0.15, 0.2) is 17.3 Å². The van der Waals surface area contributed by atoms with Crippen LogP contribution >= 0.6 is 11.3 Å². The van der Waals surface area contributed by atoms with Crippen LogP contribution in [-0.4, -0.2) is 51.3 Å². The van der Waals surface area contributed by atoms with E-state index < -0.39 is 35.8 Å². The number of nitrogens with one attached hydrogen (secondary N) is 2. The molecule has 2 unspecified atom stereocenters. The van der Waals surface area contributed by atoms with Crippen molar-refractivity contribution in [2.75, 3.05) is 13.2 Å². The molecule has 11 nitrogen and oxygen atoms in total. The normalized spacial score (nSPS) is 20.8. The smallest absolute Gasteiger partial charge is 0.348 e. The van der Waals surface area contributed by atoms with Gasteiger partial charge in [0.2, 0.25) is 0 Å². The Bertz CT molecular complexity index is 1060. The molecule has 5 N–H and O–H groups in total. The fourth-order valence-corrected chi connectivity index (χ4v) is 4.60. The minimum absolute atomic E-state index is 0.0841. The Labute approximate surface area is 179 Å². The van der Waals surface area contributed by atoms with Gasteiger partial charge >= 0.3 is 11.9 Å². The zero-order valence-corrected chi connectivity index (χ0v) is 17.1. The van der Waals surface area contributed by atoms with E-state index in [4.69, 9.17) is 9.99 Å². The molecule has 31 heavy (non-hydrogen) atoms. The summed E-state index contributed by atoms with van der Waals surface area (Å²) in [7, 11) is 0. The monoisotopic (exact) mass is 449 g/mol. The summed E-state index contributed by atoms with van der Waals surface area (Å²) in [4.78, 5) is 50.1. The minimum atomic E-state index is -2.06. The lowest BCUT2D eigenvalue weighted by Crippen LogP contribution is -2.44. The summed E-state index contributed by atoms with van der Waals surface area (Å²) >= 11 is 1.22. The molecule has 2 aliphatic rings. The van der Waals surface area contributed by atoms with Crippen LogP contribution in [0.25, 0.3) is 0 Å². The second kappa shape index (κ2) is 7.66. The molecule has 0 saturated carbocycles. The minimum Gasteiger partial charge on any atom is -0.479 e. The average Bonchev–Trinajstić information content (AvgIpc) is 3.16. The summed E-state index contributed by atoms with van der Waals surface area (Å²) in [5.41, 5.74) is -2.82. The Morgan fingerprint density at radius 1 is 1.35 bits per heavy atom. The Hall–Kier alpha value is -2.90. The van der Waals surface area contributed by atoms with Crippen LogP contribution in [0.1, 0.15) is 44.0 Å². The van der Waals surface area contributed by atoms with Gasteiger partial charge in [-0.05, 0) is 6.92 Å². The summed E-state index contributed by atoms with van der Waals surface area (Å²) in [5.74, 6) is -3.39. The van der Waals surface area contributed by atoms with Crippen LogP contribution in [-0.2, 0) is 43.7 Å². The summed E-state index contributed by atoms with van der Waals surface area (Å²) in [6, 6.07) is 4.39. The van der Waals surface area contributed by atoms with Crippen LogP contribution < -0.4 is 10.6 Å². The first kappa shape index (κ1) is 21.3. The molecule has 12 heteroatoms. The van der Waals surface area contributed by atoms with Gasteiger partial charge in [0.1, 0.15) is 0 Å². The van der Waals surface area contributed by atoms with E-state index >= 15 is 0 Å². The van der Waals surface area contributed by atoms with E-state index in [2.05, 4.69) is 20.5 Å². The number of rotatable bonds is 8. The Morgan fingerprint density at radius 3 is 2.81 bits per heavy atom. The fraction of sp³-hybridized carbons (Fsp3) is 0.368. The second-order valence-corrected chi connectivity index (χ2v) is 8.38. The largest absolute Gasteiger partial charge is 0.479 e. The maximum absolute atomic E-state index is 12.7. The van der Waals surface area contributed by atoms with Crippen LogP contribution in [0.3, 0.4) is 0 Å². The lowest BCUT2D eigenvalue weighted by atomic mass is 10.0. The molecule has 2 heterocycles. The summed E-state index contributed by atoms with van der Waals surface area (Å²) < 4.78 is 0. The number of fused-ring (bicyclic) bond motifs is 2. The topological polar surface area (TPSA) is 167 Å². The molecule has 1 amide bonds. The van der Waals surface area contributed by atoms with Crippen LogP contribution in [0.2, 0.25) is 0 Å². The molecule has 0 radical (unpaired) electrons. The van der Waals surface area contributed by atoms with E-state index in [1.54, 1.807) is 0 Å². The third-order valence-electron chi connectivity index (χ3n) is 5.08. The van der Waals surface area contributed by atoms with Gasteiger partial charge in [-0.1, -0.05) is 18.2 Å². The number of thiazole rings is 1. The number of aliphatic hydroxyl groups is 1. The third-order valence-corrected chi connectivity index (χ3v) is 6.18. The van der Waals surface area contributed by atoms with Crippen molar-refractivity contribution < 1.29 is 39.5 Å². The molecule has 0 bridgehead atoms. The standard InChI is InChI=1S/C19H19N3O8S/c1-18(28,22-15(25)16-21-11-5-6-20-7-12(11)31-16)9-3-2-4-10-14(9)19(10,17(26)27)30-29-8-13(23)24/h2-4,20,28H,5-8H2,1H3,(H,22,25)(H,23,24)(H,26,27). The van der Waals surface area contributed by atoms with Crippen molar-refractivity contribution in [2.24, 2.45) is 0 Å². The number of benzene rings is 1. The highest BCUT2D eigenvalue weighted by Crippen LogP contribution is 2.55. The SMILES string of the molecule is CC(O)(NC(=O)c1nc2c(s1)CNCC2)c1cccc2c1C2(OOCC(=O)O)C(=O)O. The first-order valence-electron chi connectivity index (χ1n) is 9.31. The van der Waals surface area contributed by atoms with Crippen molar-refractivity contribution in [3.63, 3.8) is 0 Å². The molecule has 2 atom stereocenters. The van der Waals surface area contributed by atoms with Crippen LogP contribution in [0.15, 0.2) is 18.2 Å². The zero-order valence-electron chi connectivity index (χ0n) is 16.3. The molecule has 4 rings (SSSR count). The third kappa shape index (κ3) is 3.68. The first-order valence-corrected chi connectivity index (χ1v) is 10.1. The van der Waals surface area contributed by atoms with Gasteiger partial charge in [-0.3, -0.25) is 4.79 Å². The molecule has 1 aliphatic carbocycles. The number of aliphatic carboxylic acids is 2. The quantitative estimate of drug-likeness (QED) is 0.211. The van der Waals surface area contributed by atoms with Crippen molar-refractivity contribution in [3.05, 3.63) is 50.5 Å². The second-order valence-electron chi connectivity index (χ2n) is 7.30. The van der Waals surface area contributed by atoms with E-state index in [1.165, 1.54) is 36.5 Å². The van der Waals surface area contributed by atoms with Crippen LogP contribution in [0.4, 0.5) is 0 Å². The van der Waals surface area contributed by atoms with Crippen molar-refractivity contribution in [2.45, 2.75) is 31.2 Å². The number of hydrogen-bond donors (Lipinski definition) is 5. The van der Waals surface area contributed by atoms with Crippen LogP contribution in [0, 0.1) is 0 Å². The van der Waals surface area contributed by atoms with E-state index in [-0.39, 0.29) is 21.7 Å². The molecule has 0 spiro atoms.